The molecule has 1 aromatic carbocycles. The van der Waals surface area contributed by atoms with Gasteiger partial charge in [-0.1, -0.05) is 30.3 Å². The standard InChI is InChI=1S/C18H23N3O2/c1-2-3-9-18(23)21-11-10-19-16(14-21)13-20-17(22)12-15-7-5-4-6-8-15/h1,4-8,16,19H,3,9-14H2,(H,20,22). The van der Waals surface area contributed by atoms with Crippen molar-refractivity contribution in [3.05, 3.63) is 35.9 Å². The first-order chi connectivity index (χ1) is 11.2. The highest BCUT2D eigenvalue weighted by Crippen LogP contribution is 2.04. The van der Waals surface area contributed by atoms with Crippen LogP contribution in [0.4, 0.5) is 0 Å². The molecule has 1 heterocycles. The molecule has 0 saturated carbocycles. The molecule has 0 bridgehead atoms. The van der Waals surface area contributed by atoms with Gasteiger partial charge in [0.15, 0.2) is 0 Å². The molecule has 1 atom stereocenters. The molecule has 0 aromatic heterocycles. The molecule has 5 heteroatoms. The number of rotatable bonds is 6. The van der Waals surface area contributed by atoms with E-state index in [1.165, 1.54) is 0 Å². The quantitative estimate of drug-likeness (QED) is 0.755. The lowest BCUT2D eigenvalue weighted by atomic mass is 10.1. The molecule has 1 unspecified atom stereocenters. The second-order valence-electron chi connectivity index (χ2n) is 5.66. The Hall–Kier alpha value is -2.32. The maximum atomic E-state index is 12.0. The van der Waals surface area contributed by atoms with Gasteiger partial charge in [0.2, 0.25) is 11.8 Å². The highest BCUT2D eigenvalue weighted by molar-refractivity contribution is 5.78. The molecule has 1 aromatic rings. The summed E-state index contributed by atoms with van der Waals surface area (Å²) in [6.45, 7) is 2.55. The number of carbonyl (C=O) groups is 2. The lowest BCUT2D eigenvalue weighted by molar-refractivity contribution is -0.132. The topological polar surface area (TPSA) is 61.4 Å². The van der Waals surface area contributed by atoms with Crippen LogP contribution in [-0.4, -0.2) is 48.9 Å². The first-order valence-corrected chi connectivity index (χ1v) is 7.94. The minimum absolute atomic E-state index is 0.00576. The molecule has 1 fully saturated rings. The average Bonchev–Trinajstić information content (AvgIpc) is 2.59. The number of nitrogens with one attached hydrogen (secondary N) is 2. The van der Waals surface area contributed by atoms with E-state index in [0.717, 1.165) is 12.1 Å². The van der Waals surface area contributed by atoms with Crippen LogP contribution >= 0.6 is 0 Å². The predicted octanol–water partition coefficient (Wildman–Crippen LogP) is 0.559. The smallest absolute Gasteiger partial charge is 0.224 e. The maximum absolute atomic E-state index is 12.0. The summed E-state index contributed by atoms with van der Waals surface area (Å²) in [5.74, 6) is 2.57. The van der Waals surface area contributed by atoms with Crippen LogP contribution in [0.3, 0.4) is 0 Å². The monoisotopic (exact) mass is 313 g/mol. The summed E-state index contributed by atoms with van der Waals surface area (Å²) in [5.41, 5.74) is 0.993. The summed E-state index contributed by atoms with van der Waals surface area (Å²) in [7, 11) is 0. The van der Waals surface area contributed by atoms with Crippen LogP contribution in [-0.2, 0) is 16.0 Å². The fourth-order valence-corrected chi connectivity index (χ4v) is 2.61. The second-order valence-corrected chi connectivity index (χ2v) is 5.66. The van der Waals surface area contributed by atoms with Gasteiger partial charge >= 0.3 is 0 Å². The average molecular weight is 313 g/mol. The number of benzene rings is 1. The molecular formula is C18H23N3O2. The molecule has 1 aliphatic heterocycles. The van der Waals surface area contributed by atoms with E-state index in [1.807, 2.05) is 35.2 Å². The van der Waals surface area contributed by atoms with Gasteiger partial charge < -0.3 is 15.5 Å². The Bertz CT molecular complexity index is 565. The zero-order valence-electron chi connectivity index (χ0n) is 13.3. The first kappa shape index (κ1) is 17.0. The molecule has 0 aliphatic carbocycles. The van der Waals surface area contributed by atoms with Gasteiger partial charge in [-0.25, -0.2) is 0 Å². The Morgan fingerprint density at radius 1 is 1.35 bits per heavy atom. The van der Waals surface area contributed by atoms with Gasteiger partial charge in [0.1, 0.15) is 0 Å². The molecule has 2 amide bonds. The van der Waals surface area contributed by atoms with Gasteiger partial charge in [-0.05, 0) is 5.56 Å². The van der Waals surface area contributed by atoms with Crippen LogP contribution in [0.1, 0.15) is 18.4 Å². The van der Waals surface area contributed by atoms with Crippen molar-refractivity contribution in [3.63, 3.8) is 0 Å². The highest BCUT2D eigenvalue weighted by Gasteiger charge is 2.22. The Balaban J connectivity index is 1.73. The van der Waals surface area contributed by atoms with Crippen molar-refractivity contribution >= 4 is 11.8 Å². The van der Waals surface area contributed by atoms with Crippen molar-refractivity contribution in [2.24, 2.45) is 0 Å². The van der Waals surface area contributed by atoms with Crippen LogP contribution in [0.2, 0.25) is 0 Å². The van der Waals surface area contributed by atoms with Gasteiger partial charge in [0, 0.05) is 45.1 Å². The van der Waals surface area contributed by atoms with Crippen LogP contribution < -0.4 is 10.6 Å². The Morgan fingerprint density at radius 3 is 2.87 bits per heavy atom. The van der Waals surface area contributed by atoms with Crippen molar-refractivity contribution in [2.75, 3.05) is 26.2 Å². The van der Waals surface area contributed by atoms with Crippen LogP contribution in [0, 0.1) is 12.3 Å². The van der Waals surface area contributed by atoms with Gasteiger partial charge in [-0.3, -0.25) is 9.59 Å². The number of hydrogen-bond donors (Lipinski definition) is 2. The number of terminal acetylenes is 1. The number of amides is 2. The van der Waals surface area contributed by atoms with Crippen molar-refractivity contribution < 1.29 is 9.59 Å². The molecule has 122 valence electrons. The lowest BCUT2D eigenvalue weighted by Crippen LogP contribution is -2.56. The van der Waals surface area contributed by atoms with Gasteiger partial charge in [0.25, 0.3) is 0 Å². The minimum Gasteiger partial charge on any atom is -0.354 e. The van der Waals surface area contributed by atoms with Crippen molar-refractivity contribution in [2.45, 2.75) is 25.3 Å². The van der Waals surface area contributed by atoms with E-state index in [1.54, 1.807) is 0 Å². The molecule has 0 radical (unpaired) electrons. The Morgan fingerprint density at radius 2 is 2.13 bits per heavy atom. The lowest BCUT2D eigenvalue weighted by Gasteiger charge is -2.33. The number of piperazine rings is 1. The van der Waals surface area contributed by atoms with Crippen LogP contribution in [0.15, 0.2) is 30.3 Å². The summed E-state index contributed by atoms with van der Waals surface area (Å²) in [5, 5.41) is 6.26. The van der Waals surface area contributed by atoms with E-state index in [0.29, 0.717) is 38.9 Å². The molecule has 2 rings (SSSR count). The zero-order valence-corrected chi connectivity index (χ0v) is 13.3. The first-order valence-electron chi connectivity index (χ1n) is 7.94. The summed E-state index contributed by atoms with van der Waals surface area (Å²) >= 11 is 0. The minimum atomic E-state index is -0.00576. The van der Waals surface area contributed by atoms with Gasteiger partial charge in [-0.15, -0.1) is 12.3 Å². The van der Waals surface area contributed by atoms with E-state index in [9.17, 15) is 9.59 Å². The van der Waals surface area contributed by atoms with E-state index >= 15 is 0 Å². The SMILES string of the molecule is C#CCCC(=O)N1CCNC(CNC(=O)Cc2ccccc2)C1. The highest BCUT2D eigenvalue weighted by atomic mass is 16.2. The third kappa shape index (κ3) is 5.76. The normalized spacial score (nSPS) is 17.3. The summed E-state index contributed by atoms with van der Waals surface area (Å²) in [6.07, 6.45) is 6.44. The molecule has 1 aliphatic rings. The van der Waals surface area contributed by atoms with Crippen LogP contribution in [0.5, 0.6) is 0 Å². The molecule has 23 heavy (non-hydrogen) atoms. The number of nitrogens with zero attached hydrogens (tertiary/aromatic N) is 1. The largest absolute Gasteiger partial charge is 0.354 e. The fraction of sp³-hybridized carbons (Fsp3) is 0.444. The third-order valence-corrected chi connectivity index (χ3v) is 3.84. The maximum Gasteiger partial charge on any atom is 0.224 e. The summed E-state index contributed by atoms with van der Waals surface area (Å²) in [4.78, 5) is 25.8. The van der Waals surface area contributed by atoms with Crippen molar-refractivity contribution in [1.29, 1.82) is 0 Å². The summed E-state index contributed by atoms with van der Waals surface area (Å²) in [6, 6.07) is 9.72. The van der Waals surface area contributed by atoms with Crippen LogP contribution in [0.25, 0.3) is 0 Å². The Kier molecular flexibility index (Phi) is 6.64. The molecule has 2 N–H and O–H groups in total. The molecule has 1 saturated heterocycles. The number of hydrogen-bond acceptors (Lipinski definition) is 3. The van der Waals surface area contributed by atoms with Gasteiger partial charge in [-0.2, -0.15) is 0 Å². The second kappa shape index (κ2) is 8.96. The molecule has 5 nitrogen and oxygen atoms in total. The molecular weight excluding hydrogens is 290 g/mol. The number of carbonyl (C=O) groups excluding carboxylic acids is 2. The van der Waals surface area contributed by atoms with E-state index in [-0.39, 0.29) is 17.9 Å². The molecule has 0 spiro atoms. The van der Waals surface area contributed by atoms with E-state index < -0.39 is 0 Å². The summed E-state index contributed by atoms with van der Waals surface area (Å²) < 4.78 is 0. The third-order valence-electron chi connectivity index (χ3n) is 3.84. The predicted molar refractivity (Wildman–Crippen MR) is 89.6 cm³/mol. The van der Waals surface area contributed by atoms with Crippen molar-refractivity contribution in [3.8, 4) is 12.3 Å². The van der Waals surface area contributed by atoms with E-state index in [4.69, 9.17) is 6.42 Å². The zero-order chi connectivity index (χ0) is 16.5. The van der Waals surface area contributed by atoms with Gasteiger partial charge in [0.05, 0.1) is 6.42 Å². The fourth-order valence-electron chi connectivity index (χ4n) is 2.61. The van der Waals surface area contributed by atoms with Crippen molar-refractivity contribution in [1.82, 2.24) is 15.5 Å². The van der Waals surface area contributed by atoms with E-state index in [2.05, 4.69) is 16.6 Å². The Labute approximate surface area is 137 Å².